The van der Waals surface area contributed by atoms with Crippen LogP contribution in [0.4, 0.5) is 0 Å². The maximum atomic E-state index is 11.6. The number of rotatable bonds is 5. The monoisotopic (exact) mass is 255 g/mol. The molecule has 1 aromatic rings. The molecule has 0 saturated heterocycles. The van der Waals surface area contributed by atoms with Gasteiger partial charge in [-0.1, -0.05) is 24.6 Å². The molecule has 4 nitrogen and oxygen atoms in total. The van der Waals surface area contributed by atoms with Crippen molar-refractivity contribution in [3.8, 4) is 0 Å². The minimum atomic E-state index is 0.0897. The number of nitrogens with zero attached hydrogens (tertiary/aromatic N) is 3. The molecule has 0 N–H and O–H groups in total. The van der Waals surface area contributed by atoms with Gasteiger partial charge in [-0.05, 0) is 12.6 Å². The van der Waals surface area contributed by atoms with Crippen LogP contribution >= 0.6 is 11.6 Å². The highest BCUT2D eigenvalue weighted by Crippen LogP contribution is 2.13. The molecule has 0 fully saturated rings. The second-order valence-corrected chi connectivity index (χ2v) is 4.40. The predicted molar refractivity (Wildman–Crippen MR) is 68.9 cm³/mol. The van der Waals surface area contributed by atoms with Crippen molar-refractivity contribution in [3.63, 3.8) is 0 Å². The molecule has 17 heavy (non-hydrogen) atoms. The van der Waals surface area contributed by atoms with Crippen LogP contribution in [0.1, 0.15) is 12.5 Å². The number of carbonyl (C=O) groups excluding carboxylic acids is 1. The molecule has 1 heterocycles. The number of carbonyl (C=O) groups is 1. The molecule has 0 spiro atoms. The highest BCUT2D eigenvalue weighted by Gasteiger charge is 2.12. The van der Waals surface area contributed by atoms with Crippen molar-refractivity contribution in [2.45, 2.75) is 13.5 Å². The highest BCUT2D eigenvalue weighted by atomic mass is 35.5. The summed E-state index contributed by atoms with van der Waals surface area (Å²) in [4.78, 5) is 19.3. The van der Waals surface area contributed by atoms with Crippen LogP contribution in [-0.2, 0) is 11.3 Å². The smallest absolute Gasteiger partial charge is 0.236 e. The Morgan fingerprint density at radius 3 is 2.71 bits per heavy atom. The summed E-state index contributed by atoms with van der Waals surface area (Å²) in [5, 5.41) is 0.503. The lowest BCUT2D eigenvalue weighted by molar-refractivity contribution is -0.130. The number of hydrogen-bond donors (Lipinski definition) is 0. The quantitative estimate of drug-likeness (QED) is 0.751. The average molecular weight is 256 g/mol. The van der Waals surface area contributed by atoms with Crippen LogP contribution in [0.2, 0.25) is 5.15 Å². The van der Waals surface area contributed by atoms with Crippen molar-refractivity contribution in [1.82, 2.24) is 14.8 Å². The van der Waals surface area contributed by atoms with E-state index in [4.69, 9.17) is 11.6 Å². The number of likely N-dealkylation sites (N-methyl/N-ethyl adjacent to an activating group) is 2. The Morgan fingerprint density at radius 1 is 1.47 bits per heavy atom. The third-order valence-corrected chi connectivity index (χ3v) is 2.88. The summed E-state index contributed by atoms with van der Waals surface area (Å²) in [7, 11) is 3.51. The molecule has 5 heteroatoms. The van der Waals surface area contributed by atoms with Gasteiger partial charge >= 0.3 is 0 Å². The summed E-state index contributed by atoms with van der Waals surface area (Å²) in [5.41, 5.74) is 0.947. The Balaban J connectivity index is 2.64. The van der Waals surface area contributed by atoms with Crippen LogP contribution in [0, 0.1) is 0 Å². The number of pyridine rings is 1. The van der Waals surface area contributed by atoms with Gasteiger partial charge in [-0.2, -0.15) is 0 Å². The molecular weight excluding hydrogens is 238 g/mol. The van der Waals surface area contributed by atoms with Crippen molar-refractivity contribution < 1.29 is 4.79 Å². The van der Waals surface area contributed by atoms with Gasteiger partial charge in [0.2, 0.25) is 5.91 Å². The fourth-order valence-electron chi connectivity index (χ4n) is 1.39. The van der Waals surface area contributed by atoms with E-state index in [0.717, 1.165) is 12.1 Å². The molecule has 1 amide bonds. The molecule has 0 radical (unpaired) electrons. The van der Waals surface area contributed by atoms with Crippen LogP contribution in [0.15, 0.2) is 18.3 Å². The molecule has 0 bridgehead atoms. The first-order chi connectivity index (χ1) is 8.04. The minimum absolute atomic E-state index is 0.0897. The van der Waals surface area contributed by atoms with Crippen LogP contribution < -0.4 is 0 Å². The molecule has 0 unspecified atom stereocenters. The number of halogens is 1. The molecule has 1 rings (SSSR count). The fourth-order valence-corrected chi connectivity index (χ4v) is 1.57. The van der Waals surface area contributed by atoms with Gasteiger partial charge in [0, 0.05) is 32.4 Å². The minimum Gasteiger partial charge on any atom is -0.348 e. The predicted octanol–water partition coefficient (Wildman–Crippen LogP) is 1.65. The maximum Gasteiger partial charge on any atom is 0.236 e. The third kappa shape index (κ3) is 4.32. The molecule has 0 aliphatic rings. The fraction of sp³-hybridized carbons (Fsp3) is 0.500. The van der Waals surface area contributed by atoms with Crippen molar-refractivity contribution in [2.75, 3.05) is 27.2 Å². The summed E-state index contributed by atoms with van der Waals surface area (Å²) >= 11 is 5.99. The van der Waals surface area contributed by atoms with Gasteiger partial charge in [0.1, 0.15) is 5.15 Å². The van der Waals surface area contributed by atoms with Gasteiger partial charge in [0.25, 0.3) is 0 Å². The first-order valence-corrected chi connectivity index (χ1v) is 5.94. The SMILES string of the molecule is CCN(CC(=O)N(C)C)Cc1cccnc1Cl. The molecule has 0 atom stereocenters. The third-order valence-electron chi connectivity index (χ3n) is 2.54. The number of aromatic nitrogens is 1. The highest BCUT2D eigenvalue weighted by molar-refractivity contribution is 6.30. The zero-order valence-corrected chi connectivity index (χ0v) is 11.2. The van der Waals surface area contributed by atoms with Gasteiger partial charge in [-0.15, -0.1) is 0 Å². The molecule has 94 valence electrons. The van der Waals surface area contributed by atoms with E-state index in [1.807, 2.05) is 24.0 Å². The summed E-state index contributed by atoms with van der Waals surface area (Å²) in [6, 6.07) is 3.78. The first-order valence-electron chi connectivity index (χ1n) is 5.56. The van der Waals surface area contributed by atoms with Crippen molar-refractivity contribution in [3.05, 3.63) is 29.0 Å². The van der Waals surface area contributed by atoms with Crippen molar-refractivity contribution in [2.24, 2.45) is 0 Å². The summed E-state index contributed by atoms with van der Waals surface area (Å²) in [6.07, 6.45) is 1.66. The van der Waals surface area contributed by atoms with Gasteiger partial charge in [0.05, 0.1) is 6.54 Å². The molecule has 0 aliphatic carbocycles. The van der Waals surface area contributed by atoms with Crippen molar-refractivity contribution in [1.29, 1.82) is 0 Å². The zero-order valence-electron chi connectivity index (χ0n) is 10.5. The van der Waals surface area contributed by atoms with E-state index in [2.05, 4.69) is 4.98 Å². The van der Waals surface area contributed by atoms with Crippen LogP contribution in [0.25, 0.3) is 0 Å². The second kappa shape index (κ2) is 6.57. The Morgan fingerprint density at radius 2 is 2.18 bits per heavy atom. The molecule has 1 aromatic heterocycles. The largest absolute Gasteiger partial charge is 0.348 e. The average Bonchev–Trinajstić information content (AvgIpc) is 2.30. The molecular formula is C12H18ClN3O. The Hall–Kier alpha value is -1.13. The van der Waals surface area contributed by atoms with Gasteiger partial charge in [-0.3, -0.25) is 9.69 Å². The lowest BCUT2D eigenvalue weighted by atomic mass is 10.2. The Labute approximate surface area is 107 Å². The standard InChI is InChI=1S/C12H18ClN3O/c1-4-16(9-11(17)15(2)3)8-10-6-5-7-14-12(10)13/h5-7H,4,8-9H2,1-3H3. The topological polar surface area (TPSA) is 36.4 Å². The second-order valence-electron chi connectivity index (χ2n) is 4.04. The summed E-state index contributed by atoms with van der Waals surface area (Å²) in [6.45, 7) is 3.86. The normalized spacial score (nSPS) is 10.6. The Bertz CT molecular complexity index is 382. The van der Waals surface area contributed by atoms with Crippen molar-refractivity contribution >= 4 is 17.5 Å². The van der Waals surface area contributed by atoms with Crippen LogP contribution in [0.3, 0.4) is 0 Å². The lowest BCUT2D eigenvalue weighted by Crippen LogP contribution is -2.36. The van der Waals surface area contributed by atoms with E-state index < -0.39 is 0 Å². The zero-order chi connectivity index (χ0) is 12.8. The van der Waals surface area contributed by atoms with E-state index in [0.29, 0.717) is 18.2 Å². The van der Waals surface area contributed by atoms with E-state index >= 15 is 0 Å². The van der Waals surface area contributed by atoms with Gasteiger partial charge < -0.3 is 4.90 Å². The number of hydrogen-bond acceptors (Lipinski definition) is 3. The van der Waals surface area contributed by atoms with E-state index in [-0.39, 0.29) is 5.91 Å². The molecule has 0 aromatic carbocycles. The molecule has 0 aliphatic heterocycles. The lowest BCUT2D eigenvalue weighted by Gasteiger charge is -2.22. The van der Waals surface area contributed by atoms with E-state index in [1.165, 1.54) is 0 Å². The van der Waals surface area contributed by atoms with Crippen LogP contribution in [0.5, 0.6) is 0 Å². The van der Waals surface area contributed by atoms with E-state index in [9.17, 15) is 4.79 Å². The van der Waals surface area contributed by atoms with E-state index in [1.54, 1.807) is 25.2 Å². The maximum absolute atomic E-state index is 11.6. The Kier molecular flexibility index (Phi) is 5.38. The molecule has 0 saturated carbocycles. The summed E-state index contributed by atoms with van der Waals surface area (Å²) < 4.78 is 0. The summed E-state index contributed by atoms with van der Waals surface area (Å²) in [5.74, 6) is 0.0897. The van der Waals surface area contributed by atoms with Crippen LogP contribution in [-0.4, -0.2) is 47.9 Å². The number of amides is 1. The van der Waals surface area contributed by atoms with Gasteiger partial charge in [0.15, 0.2) is 0 Å². The van der Waals surface area contributed by atoms with Gasteiger partial charge in [-0.25, -0.2) is 4.98 Å². The first kappa shape index (κ1) is 13.9.